The van der Waals surface area contributed by atoms with Crippen LogP contribution in [0.25, 0.3) is 0 Å². The maximum absolute atomic E-state index is 5.34. The molecule has 108 valence electrons. The molecule has 0 saturated heterocycles. The Hall–Kier alpha value is -1.56. The van der Waals surface area contributed by atoms with Crippen LogP contribution >= 0.6 is 15.9 Å². The maximum atomic E-state index is 5.34. The first-order valence-corrected chi connectivity index (χ1v) is 7.46. The average Bonchev–Trinajstić information content (AvgIpc) is 2.88. The zero-order valence-corrected chi connectivity index (χ0v) is 13.5. The standard InChI is InChI=1S/C14H18BrN3O2/c1-10-6-13(19-2)14(20-3)7-11(10)8-18-9-12(4-5-15)16-17-18/h6-7,9H,4-5,8H2,1-3H3. The highest BCUT2D eigenvalue weighted by atomic mass is 79.9. The third-order valence-electron chi connectivity index (χ3n) is 3.11. The smallest absolute Gasteiger partial charge is 0.161 e. The van der Waals surface area contributed by atoms with E-state index in [-0.39, 0.29) is 0 Å². The van der Waals surface area contributed by atoms with Crippen molar-refractivity contribution in [3.8, 4) is 11.5 Å². The first kappa shape index (κ1) is 14.8. The van der Waals surface area contributed by atoms with Crippen molar-refractivity contribution in [1.29, 1.82) is 0 Å². The molecule has 5 nitrogen and oxygen atoms in total. The van der Waals surface area contributed by atoms with E-state index in [9.17, 15) is 0 Å². The SMILES string of the molecule is COc1cc(C)c(Cn2cc(CCBr)nn2)cc1OC. The molecule has 0 spiro atoms. The van der Waals surface area contributed by atoms with E-state index in [1.54, 1.807) is 14.2 Å². The summed E-state index contributed by atoms with van der Waals surface area (Å²) in [5.74, 6) is 1.47. The van der Waals surface area contributed by atoms with Crippen molar-refractivity contribution in [2.24, 2.45) is 0 Å². The van der Waals surface area contributed by atoms with Crippen molar-refractivity contribution in [2.75, 3.05) is 19.5 Å². The number of ether oxygens (including phenoxy) is 2. The van der Waals surface area contributed by atoms with Gasteiger partial charge >= 0.3 is 0 Å². The molecular weight excluding hydrogens is 322 g/mol. The lowest BCUT2D eigenvalue weighted by Gasteiger charge is -2.12. The third kappa shape index (κ3) is 3.30. The van der Waals surface area contributed by atoms with Crippen molar-refractivity contribution < 1.29 is 9.47 Å². The summed E-state index contributed by atoms with van der Waals surface area (Å²) >= 11 is 3.40. The van der Waals surface area contributed by atoms with Crippen molar-refractivity contribution in [3.05, 3.63) is 35.2 Å². The first-order chi connectivity index (χ1) is 9.67. The molecule has 0 aliphatic carbocycles. The van der Waals surface area contributed by atoms with Gasteiger partial charge in [0.25, 0.3) is 0 Å². The van der Waals surface area contributed by atoms with Crippen LogP contribution < -0.4 is 9.47 Å². The summed E-state index contributed by atoms with van der Waals surface area (Å²) in [6, 6.07) is 3.96. The molecule has 0 aliphatic heterocycles. The van der Waals surface area contributed by atoms with Crippen LogP contribution in [-0.2, 0) is 13.0 Å². The van der Waals surface area contributed by atoms with Crippen LogP contribution in [0.4, 0.5) is 0 Å². The summed E-state index contributed by atoms with van der Waals surface area (Å²) in [4.78, 5) is 0. The van der Waals surface area contributed by atoms with Gasteiger partial charge in [-0.05, 0) is 30.2 Å². The number of rotatable bonds is 6. The van der Waals surface area contributed by atoms with Crippen LogP contribution in [0.3, 0.4) is 0 Å². The largest absolute Gasteiger partial charge is 0.493 e. The molecule has 1 aromatic heterocycles. The van der Waals surface area contributed by atoms with Gasteiger partial charge < -0.3 is 9.47 Å². The van der Waals surface area contributed by atoms with Crippen molar-refractivity contribution in [3.63, 3.8) is 0 Å². The summed E-state index contributed by atoms with van der Waals surface area (Å²) < 4.78 is 12.5. The quantitative estimate of drug-likeness (QED) is 0.759. The number of benzene rings is 1. The average molecular weight is 340 g/mol. The van der Waals surface area contributed by atoms with Gasteiger partial charge in [0.1, 0.15) is 0 Å². The molecule has 6 heteroatoms. The fourth-order valence-electron chi connectivity index (χ4n) is 1.99. The van der Waals surface area contributed by atoms with Gasteiger partial charge in [-0.3, -0.25) is 0 Å². The minimum Gasteiger partial charge on any atom is -0.493 e. The molecule has 0 aliphatic rings. The van der Waals surface area contributed by atoms with Crippen molar-refractivity contribution >= 4 is 15.9 Å². The number of alkyl halides is 1. The van der Waals surface area contributed by atoms with Gasteiger partial charge in [0.15, 0.2) is 11.5 Å². The minimum absolute atomic E-state index is 0.668. The van der Waals surface area contributed by atoms with E-state index in [0.717, 1.165) is 40.1 Å². The zero-order chi connectivity index (χ0) is 14.5. The summed E-state index contributed by atoms with van der Waals surface area (Å²) in [5.41, 5.74) is 3.26. The Bertz CT molecular complexity index is 584. The van der Waals surface area contributed by atoms with Gasteiger partial charge in [-0.25, -0.2) is 4.68 Å². The van der Waals surface area contributed by atoms with Gasteiger partial charge in [-0.2, -0.15) is 0 Å². The van der Waals surface area contributed by atoms with Crippen LogP contribution in [-0.4, -0.2) is 34.5 Å². The van der Waals surface area contributed by atoms with E-state index in [0.29, 0.717) is 6.54 Å². The molecule has 0 radical (unpaired) electrons. The molecule has 1 heterocycles. The zero-order valence-electron chi connectivity index (χ0n) is 11.9. The molecule has 2 aromatic rings. The molecule has 20 heavy (non-hydrogen) atoms. The van der Waals surface area contributed by atoms with E-state index in [1.807, 2.05) is 29.9 Å². The molecular formula is C14H18BrN3O2. The van der Waals surface area contributed by atoms with Crippen LogP contribution in [0.2, 0.25) is 0 Å². The monoisotopic (exact) mass is 339 g/mol. The molecule has 1 aromatic carbocycles. The number of halogens is 1. The first-order valence-electron chi connectivity index (χ1n) is 6.34. The number of hydrogen-bond acceptors (Lipinski definition) is 4. The Morgan fingerprint density at radius 2 is 1.90 bits per heavy atom. The second kappa shape index (κ2) is 6.74. The highest BCUT2D eigenvalue weighted by Gasteiger charge is 2.10. The number of hydrogen-bond donors (Lipinski definition) is 0. The Morgan fingerprint density at radius 1 is 1.20 bits per heavy atom. The van der Waals surface area contributed by atoms with E-state index >= 15 is 0 Å². The number of aromatic nitrogens is 3. The predicted octanol–water partition coefficient (Wildman–Crippen LogP) is 2.59. The Kier molecular flexibility index (Phi) is 5.00. The Morgan fingerprint density at radius 3 is 2.55 bits per heavy atom. The van der Waals surface area contributed by atoms with Crippen LogP contribution in [0.1, 0.15) is 16.8 Å². The van der Waals surface area contributed by atoms with E-state index in [1.165, 1.54) is 0 Å². The van der Waals surface area contributed by atoms with E-state index < -0.39 is 0 Å². The molecule has 0 saturated carbocycles. The lowest BCUT2D eigenvalue weighted by atomic mass is 10.1. The molecule has 0 unspecified atom stereocenters. The Balaban J connectivity index is 2.23. The van der Waals surface area contributed by atoms with Gasteiger partial charge in [-0.1, -0.05) is 21.1 Å². The topological polar surface area (TPSA) is 49.2 Å². The van der Waals surface area contributed by atoms with E-state index in [4.69, 9.17) is 9.47 Å². The third-order valence-corrected chi connectivity index (χ3v) is 3.51. The lowest BCUT2D eigenvalue weighted by Crippen LogP contribution is -2.03. The van der Waals surface area contributed by atoms with Gasteiger partial charge in [0.05, 0.1) is 26.5 Å². The highest BCUT2D eigenvalue weighted by molar-refractivity contribution is 9.09. The summed E-state index contributed by atoms with van der Waals surface area (Å²) in [5, 5.41) is 9.17. The fourth-order valence-corrected chi connectivity index (χ4v) is 2.40. The normalized spacial score (nSPS) is 10.6. The molecule has 0 fully saturated rings. The molecule has 0 atom stereocenters. The summed E-state index contributed by atoms with van der Waals surface area (Å²) in [6.07, 6.45) is 2.85. The summed E-state index contributed by atoms with van der Waals surface area (Å²) in [6.45, 7) is 2.72. The maximum Gasteiger partial charge on any atom is 0.161 e. The number of nitrogens with zero attached hydrogens (tertiary/aromatic N) is 3. The Labute approximate surface area is 127 Å². The molecule has 0 amide bonds. The molecule has 0 bridgehead atoms. The second-order valence-electron chi connectivity index (χ2n) is 4.48. The van der Waals surface area contributed by atoms with Gasteiger partial charge in [-0.15, -0.1) is 5.10 Å². The lowest BCUT2D eigenvalue weighted by molar-refractivity contribution is 0.354. The van der Waals surface area contributed by atoms with Gasteiger partial charge in [0.2, 0.25) is 0 Å². The number of methoxy groups -OCH3 is 2. The fraction of sp³-hybridized carbons (Fsp3) is 0.429. The predicted molar refractivity (Wildman–Crippen MR) is 80.9 cm³/mol. The van der Waals surface area contributed by atoms with Crippen LogP contribution in [0.5, 0.6) is 11.5 Å². The van der Waals surface area contributed by atoms with Gasteiger partial charge in [0, 0.05) is 17.9 Å². The second-order valence-corrected chi connectivity index (χ2v) is 5.27. The van der Waals surface area contributed by atoms with Crippen molar-refractivity contribution in [1.82, 2.24) is 15.0 Å². The van der Waals surface area contributed by atoms with Crippen molar-refractivity contribution in [2.45, 2.75) is 19.9 Å². The number of aryl methyl sites for hydroxylation is 2. The highest BCUT2D eigenvalue weighted by Crippen LogP contribution is 2.30. The molecule has 0 N–H and O–H groups in total. The minimum atomic E-state index is 0.668. The van der Waals surface area contributed by atoms with Crippen LogP contribution in [0.15, 0.2) is 18.3 Å². The van der Waals surface area contributed by atoms with Crippen LogP contribution in [0, 0.1) is 6.92 Å². The van der Waals surface area contributed by atoms with E-state index in [2.05, 4.69) is 26.2 Å². The molecule has 2 rings (SSSR count). The summed E-state index contributed by atoms with van der Waals surface area (Å²) in [7, 11) is 3.28.